The van der Waals surface area contributed by atoms with Gasteiger partial charge in [-0.25, -0.2) is 8.42 Å². The van der Waals surface area contributed by atoms with Crippen molar-refractivity contribution in [3.8, 4) is 0 Å². The summed E-state index contributed by atoms with van der Waals surface area (Å²) in [7, 11) is -3.78. The Morgan fingerprint density at radius 3 is 2.48 bits per heavy atom. The summed E-state index contributed by atoms with van der Waals surface area (Å²) >= 11 is 3.36. The molecule has 0 bridgehead atoms. The molecule has 0 unspecified atom stereocenters. The molecule has 0 saturated carbocycles. The Labute approximate surface area is 156 Å². The maximum absolute atomic E-state index is 12.8. The molecule has 0 fully saturated rings. The number of anilines is 2. The zero-order chi connectivity index (χ0) is 18.4. The first-order valence-electron chi connectivity index (χ1n) is 7.91. The molecular weight excluding hydrogens is 404 g/mol. The van der Waals surface area contributed by atoms with Crippen molar-refractivity contribution in [2.24, 2.45) is 0 Å². The molecule has 0 aliphatic carbocycles. The largest absolute Gasteiger partial charge is 0.309 e. The summed E-state index contributed by atoms with van der Waals surface area (Å²) in [5.74, 6) is -0.0941. The lowest BCUT2D eigenvalue weighted by atomic mass is 10.1. The Kier molecular flexibility index (Phi) is 4.64. The van der Waals surface area contributed by atoms with E-state index < -0.39 is 10.0 Å². The molecule has 0 spiro atoms. The van der Waals surface area contributed by atoms with Crippen molar-refractivity contribution in [2.75, 3.05) is 9.62 Å². The van der Waals surface area contributed by atoms with Crippen LogP contribution in [0.5, 0.6) is 0 Å². The van der Waals surface area contributed by atoms with E-state index in [1.807, 2.05) is 26.0 Å². The Balaban J connectivity index is 2.02. The van der Waals surface area contributed by atoms with Gasteiger partial charge < -0.3 is 4.90 Å². The first-order valence-corrected chi connectivity index (χ1v) is 10.2. The molecule has 25 heavy (non-hydrogen) atoms. The topological polar surface area (TPSA) is 66.5 Å². The van der Waals surface area contributed by atoms with Gasteiger partial charge in [-0.1, -0.05) is 17.7 Å². The van der Waals surface area contributed by atoms with E-state index in [2.05, 4.69) is 20.7 Å². The first kappa shape index (κ1) is 17.9. The molecule has 1 amide bonds. The number of hydrogen-bond acceptors (Lipinski definition) is 3. The molecule has 132 valence electrons. The number of fused-ring (bicyclic) bond motifs is 1. The quantitative estimate of drug-likeness (QED) is 0.816. The van der Waals surface area contributed by atoms with Crippen molar-refractivity contribution in [3.05, 3.63) is 52.0 Å². The number of carbonyl (C=O) groups excluding carboxylic acids is 1. The minimum atomic E-state index is -3.78. The van der Waals surface area contributed by atoms with Crippen molar-refractivity contribution >= 4 is 43.2 Å². The van der Waals surface area contributed by atoms with Crippen LogP contribution in [-0.2, 0) is 21.2 Å². The van der Waals surface area contributed by atoms with Crippen molar-refractivity contribution in [1.29, 1.82) is 0 Å². The molecule has 2 aromatic rings. The molecule has 7 heteroatoms. The lowest BCUT2D eigenvalue weighted by Crippen LogP contribution is -2.33. The van der Waals surface area contributed by atoms with Crippen molar-refractivity contribution in [3.63, 3.8) is 0 Å². The Hall–Kier alpha value is -1.86. The number of nitrogens with one attached hydrogen (secondary N) is 1. The van der Waals surface area contributed by atoms with E-state index in [1.54, 1.807) is 29.2 Å². The second kappa shape index (κ2) is 6.46. The molecule has 0 radical (unpaired) electrons. The van der Waals surface area contributed by atoms with Crippen LogP contribution in [0.15, 0.2) is 45.8 Å². The molecule has 1 atom stereocenters. The minimum Gasteiger partial charge on any atom is -0.309 e. The molecular formula is C18H19BrN2O3S. The molecule has 1 aliphatic rings. The number of amides is 1. The number of carbonyl (C=O) groups is 1. The standard InChI is InChI=1S/C18H19BrN2O3S/c1-11-4-6-15(7-5-11)20-25(23,24)18-10-17-14(9-16(18)19)8-12(2)21(17)13(3)22/h4-7,9-10,12,20H,8H2,1-3H3/t12-/m1/s1. The lowest BCUT2D eigenvalue weighted by Gasteiger charge is -2.21. The van der Waals surface area contributed by atoms with E-state index in [-0.39, 0.29) is 16.8 Å². The molecule has 0 saturated heterocycles. The van der Waals surface area contributed by atoms with Gasteiger partial charge in [-0.3, -0.25) is 9.52 Å². The summed E-state index contributed by atoms with van der Waals surface area (Å²) < 4.78 is 28.7. The number of halogens is 1. The second-order valence-corrected chi connectivity index (χ2v) is 8.83. The van der Waals surface area contributed by atoms with Crippen molar-refractivity contribution < 1.29 is 13.2 Å². The van der Waals surface area contributed by atoms with E-state index in [4.69, 9.17) is 0 Å². The van der Waals surface area contributed by atoms with E-state index in [9.17, 15) is 13.2 Å². The van der Waals surface area contributed by atoms with E-state index >= 15 is 0 Å². The highest BCUT2D eigenvalue weighted by Crippen LogP contribution is 2.38. The summed E-state index contributed by atoms with van der Waals surface area (Å²) in [6.45, 7) is 5.38. The van der Waals surface area contributed by atoms with Gasteiger partial charge in [0.2, 0.25) is 5.91 Å². The van der Waals surface area contributed by atoms with E-state index in [0.717, 1.165) is 11.1 Å². The number of aryl methyl sites for hydroxylation is 1. The Morgan fingerprint density at radius 2 is 1.88 bits per heavy atom. The maximum Gasteiger partial charge on any atom is 0.263 e. The van der Waals surface area contributed by atoms with Crippen LogP contribution in [0.2, 0.25) is 0 Å². The van der Waals surface area contributed by atoms with Crippen LogP contribution in [0.1, 0.15) is 25.0 Å². The van der Waals surface area contributed by atoms with Crippen LogP contribution in [0, 0.1) is 6.92 Å². The predicted octanol–water partition coefficient (Wildman–Crippen LogP) is 3.86. The fourth-order valence-electron chi connectivity index (χ4n) is 3.14. The van der Waals surface area contributed by atoms with Crippen LogP contribution in [0.3, 0.4) is 0 Å². The average molecular weight is 423 g/mol. The number of benzene rings is 2. The van der Waals surface area contributed by atoms with E-state index in [0.29, 0.717) is 22.3 Å². The van der Waals surface area contributed by atoms with Gasteiger partial charge in [0.1, 0.15) is 4.90 Å². The Morgan fingerprint density at radius 1 is 1.24 bits per heavy atom. The number of sulfonamides is 1. The smallest absolute Gasteiger partial charge is 0.263 e. The van der Waals surface area contributed by atoms with Crippen molar-refractivity contribution in [2.45, 2.75) is 38.1 Å². The average Bonchev–Trinajstić information content (AvgIpc) is 2.83. The molecule has 1 heterocycles. The second-order valence-electron chi connectivity index (χ2n) is 6.33. The van der Waals surface area contributed by atoms with Crippen LogP contribution < -0.4 is 9.62 Å². The Bertz CT molecular complexity index is 940. The van der Waals surface area contributed by atoms with E-state index in [1.165, 1.54) is 6.92 Å². The zero-order valence-corrected chi connectivity index (χ0v) is 16.6. The van der Waals surface area contributed by atoms with Gasteiger partial charge in [0.25, 0.3) is 10.0 Å². The summed E-state index contributed by atoms with van der Waals surface area (Å²) in [4.78, 5) is 13.7. The molecule has 0 aromatic heterocycles. The summed E-state index contributed by atoms with van der Waals surface area (Å²) in [5, 5.41) is 0. The van der Waals surface area contributed by atoms with Gasteiger partial charge in [-0.05, 0) is 66.0 Å². The highest BCUT2D eigenvalue weighted by atomic mass is 79.9. The number of hydrogen-bond donors (Lipinski definition) is 1. The highest BCUT2D eigenvalue weighted by Gasteiger charge is 2.32. The molecule has 3 rings (SSSR count). The minimum absolute atomic E-state index is 0.0161. The van der Waals surface area contributed by atoms with Gasteiger partial charge in [-0.2, -0.15) is 0 Å². The number of nitrogens with zero attached hydrogens (tertiary/aromatic N) is 1. The third kappa shape index (κ3) is 3.43. The lowest BCUT2D eigenvalue weighted by molar-refractivity contribution is -0.116. The van der Waals surface area contributed by atoms with Crippen LogP contribution >= 0.6 is 15.9 Å². The molecule has 2 aromatic carbocycles. The van der Waals surface area contributed by atoms with Gasteiger partial charge in [-0.15, -0.1) is 0 Å². The number of rotatable bonds is 3. The highest BCUT2D eigenvalue weighted by molar-refractivity contribution is 9.10. The first-order chi connectivity index (χ1) is 11.7. The molecule has 5 nitrogen and oxygen atoms in total. The fourth-order valence-corrected chi connectivity index (χ4v) is 5.31. The fraction of sp³-hybridized carbons (Fsp3) is 0.278. The van der Waals surface area contributed by atoms with Gasteiger partial charge in [0.05, 0.1) is 0 Å². The SMILES string of the molecule is CC(=O)N1c2cc(S(=O)(=O)Nc3ccc(C)cc3)c(Br)cc2C[C@H]1C. The van der Waals surface area contributed by atoms with Crippen molar-refractivity contribution in [1.82, 2.24) is 0 Å². The summed E-state index contributed by atoms with van der Waals surface area (Å²) in [5.41, 5.74) is 3.17. The maximum atomic E-state index is 12.8. The summed E-state index contributed by atoms with van der Waals surface area (Å²) in [6.07, 6.45) is 0.708. The predicted molar refractivity (Wildman–Crippen MR) is 102 cm³/mol. The third-order valence-electron chi connectivity index (χ3n) is 4.28. The normalized spacial score (nSPS) is 16.6. The van der Waals surface area contributed by atoms with Crippen LogP contribution in [0.25, 0.3) is 0 Å². The molecule has 1 N–H and O–H groups in total. The van der Waals surface area contributed by atoms with Gasteiger partial charge >= 0.3 is 0 Å². The van der Waals surface area contributed by atoms with Crippen LogP contribution in [-0.4, -0.2) is 20.4 Å². The van der Waals surface area contributed by atoms with Gasteiger partial charge in [0.15, 0.2) is 0 Å². The zero-order valence-electron chi connectivity index (χ0n) is 14.2. The molecule has 1 aliphatic heterocycles. The third-order valence-corrected chi connectivity index (χ3v) is 6.62. The van der Waals surface area contributed by atoms with Crippen LogP contribution in [0.4, 0.5) is 11.4 Å². The monoisotopic (exact) mass is 422 g/mol. The summed E-state index contributed by atoms with van der Waals surface area (Å²) in [6, 6.07) is 10.5. The van der Waals surface area contributed by atoms with Gasteiger partial charge in [0, 0.05) is 28.8 Å².